The van der Waals surface area contributed by atoms with Gasteiger partial charge >= 0.3 is 0 Å². The topological polar surface area (TPSA) is 62.2 Å². The summed E-state index contributed by atoms with van der Waals surface area (Å²) < 4.78 is 0. The molecule has 0 aliphatic carbocycles. The Bertz CT molecular complexity index is 992. The van der Waals surface area contributed by atoms with Crippen LogP contribution in [0.4, 0.5) is 0 Å². The first-order valence-corrected chi connectivity index (χ1v) is 9.06. The molecule has 0 aliphatic heterocycles. The number of rotatable bonds is 4. The molecule has 0 saturated heterocycles. The first-order chi connectivity index (χ1) is 12.4. The smallest absolute Gasteiger partial charge is 0.220 e. The third kappa shape index (κ3) is 3.58. The number of benzene rings is 2. The maximum absolute atomic E-state index is 12.1. The Morgan fingerprint density at radius 2 is 1.92 bits per heavy atom. The van der Waals surface area contributed by atoms with Crippen molar-refractivity contribution < 1.29 is 9.90 Å². The minimum Gasteiger partial charge on any atom is -0.505 e. The molecule has 1 unspecified atom stereocenters. The number of aromatic hydroxyl groups is 1. The van der Waals surface area contributed by atoms with Crippen LogP contribution in [0.15, 0.2) is 42.6 Å². The fraction of sp³-hybridized carbons (Fsp3) is 0.158. The van der Waals surface area contributed by atoms with Crippen LogP contribution in [-0.2, 0) is 4.79 Å². The minimum atomic E-state index is -0.698. The second-order valence-corrected chi connectivity index (χ2v) is 6.97. The molecular weight excluding hydrogens is 395 g/mol. The molecule has 1 heterocycles. The number of halogens is 3. The predicted octanol–water partition coefficient (Wildman–Crippen LogP) is 5.52. The van der Waals surface area contributed by atoms with Gasteiger partial charge in [-0.15, -0.1) is 0 Å². The van der Waals surface area contributed by atoms with Crippen molar-refractivity contribution in [3.63, 3.8) is 0 Å². The molecule has 134 valence electrons. The molecule has 2 aromatic carbocycles. The third-order valence-electron chi connectivity index (χ3n) is 4.06. The first kappa shape index (κ1) is 18.8. The van der Waals surface area contributed by atoms with Crippen molar-refractivity contribution >= 4 is 51.6 Å². The second kappa shape index (κ2) is 7.70. The van der Waals surface area contributed by atoms with Crippen LogP contribution < -0.4 is 5.32 Å². The zero-order valence-corrected chi connectivity index (χ0v) is 16.0. The summed E-state index contributed by atoms with van der Waals surface area (Å²) in [6, 6.07) is 9.39. The van der Waals surface area contributed by atoms with E-state index in [0.29, 0.717) is 37.1 Å². The van der Waals surface area contributed by atoms with E-state index in [2.05, 4.69) is 10.3 Å². The van der Waals surface area contributed by atoms with Crippen LogP contribution in [0.5, 0.6) is 5.75 Å². The van der Waals surface area contributed by atoms with E-state index in [0.717, 1.165) is 0 Å². The van der Waals surface area contributed by atoms with Gasteiger partial charge in [-0.05, 0) is 35.9 Å². The molecule has 1 aromatic heterocycles. The number of aromatic nitrogens is 1. The highest BCUT2D eigenvalue weighted by Crippen LogP contribution is 2.40. The Morgan fingerprint density at radius 1 is 1.15 bits per heavy atom. The lowest BCUT2D eigenvalue weighted by molar-refractivity contribution is -0.121. The number of nitrogens with zero attached hydrogens (tertiary/aromatic N) is 1. The summed E-state index contributed by atoms with van der Waals surface area (Å²) in [4.78, 5) is 16.3. The van der Waals surface area contributed by atoms with Crippen LogP contribution >= 0.6 is 34.8 Å². The first-order valence-electron chi connectivity index (χ1n) is 7.92. The van der Waals surface area contributed by atoms with Crippen molar-refractivity contribution in [2.75, 3.05) is 0 Å². The molecule has 26 heavy (non-hydrogen) atoms. The number of phenolic OH excluding ortho intramolecular Hbond substituents is 1. The lowest BCUT2D eigenvalue weighted by Gasteiger charge is -2.22. The zero-order chi connectivity index (χ0) is 18.8. The molecule has 1 amide bonds. The molecule has 0 spiro atoms. The quantitative estimate of drug-likeness (QED) is 0.596. The monoisotopic (exact) mass is 408 g/mol. The number of carbonyl (C=O) groups is 1. The maximum atomic E-state index is 12.1. The average Bonchev–Trinajstić information content (AvgIpc) is 2.63. The number of phenols is 1. The summed E-state index contributed by atoms with van der Waals surface area (Å²) in [5.74, 6) is -0.255. The summed E-state index contributed by atoms with van der Waals surface area (Å²) in [7, 11) is 0. The van der Waals surface area contributed by atoms with Crippen LogP contribution in [-0.4, -0.2) is 16.0 Å². The summed E-state index contributed by atoms with van der Waals surface area (Å²) in [6.45, 7) is 1.74. The van der Waals surface area contributed by atoms with Crippen molar-refractivity contribution in [2.24, 2.45) is 0 Å². The number of hydrogen-bond acceptors (Lipinski definition) is 3. The van der Waals surface area contributed by atoms with E-state index in [9.17, 15) is 9.90 Å². The molecule has 0 saturated carbocycles. The summed E-state index contributed by atoms with van der Waals surface area (Å²) >= 11 is 18.7. The summed E-state index contributed by atoms with van der Waals surface area (Å²) in [5.41, 5.74) is 1.36. The van der Waals surface area contributed by atoms with Gasteiger partial charge in [0.15, 0.2) is 0 Å². The number of pyridine rings is 1. The molecule has 3 aromatic rings. The normalized spacial score (nSPS) is 12.2. The van der Waals surface area contributed by atoms with Gasteiger partial charge in [-0.1, -0.05) is 47.8 Å². The lowest BCUT2D eigenvalue weighted by Crippen LogP contribution is -2.29. The SMILES string of the molecule is CCC(=O)NC(c1ccc(Cl)cc1Cl)c1cc(Cl)c2cccnc2c1O. The van der Waals surface area contributed by atoms with E-state index in [1.165, 1.54) is 0 Å². The van der Waals surface area contributed by atoms with Gasteiger partial charge in [-0.25, -0.2) is 0 Å². The van der Waals surface area contributed by atoms with Crippen molar-refractivity contribution in [1.29, 1.82) is 0 Å². The number of carbonyl (C=O) groups excluding carboxylic acids is 1. The molecular formula is C19H15Cl3N2O2. The van der Waals surface area contributed by atoms with Gasteiger partial charge in [0.25, 0.3) is 0 Å². The number of fused-ring (bicyclic) bond motifs is 1. The van der Waals surface area contributed by atoms with E-state index in [1.54, 1.807) is 49.5 Å². The molecule has 0 radical (unpaired) electrons. The molecule has 0 bridgehead atoms. The van der Waals surface area contributed by atoms with Crippen LogP contribution in [0.3, 0.4) is 0 Å². The van der Waals surface area contributed by atoms with E-state index >= 15 is 0 Å². The fourth-order valence-electron chi connectivity index (χ4n) is 2.75. The van der Waals surface area contributed by atoms with Crippen LogP contribution in [0.2, 0.25) is 15.1 Å². The highest BCUT2D eigenvalue weighted by Gasteiger charge is 2.24. The van der Waals surface area contributed by atoms with Crippen LogP contribution in [0, 0.1) is 0 Å². The molecule has 3 rings (SSSR count). The molecule has 0 fully saturated rings. The van der Waals surface area contributed by atoms with Gasteiger partial charge in [0.2, 0.25) is 5.91 Å². The number of nitrogens with one attached hydrogen (secondary N) is 1. The highest BCUT2D eigenvalue weighted by atomic mass is 35.5. The molecule has 1 atom stereocenters. The number of hydrogen-bond donors (Lipinski definition) is 2. The van der Waals surface area contributed by atoms with Gasteiger partial charge in [0.05, 0.1) is 11.1 Å². The highest BCUT2D eigenvalue weighted by molar-refractivity contribution is 6.36. The third-order valence-corrected chi connectivity index (χ3v) is 4.93. The van der Waals surface area contributed by atoms with Gasteiger partial charge in [0, 0.05) is 33.6 Å². The number of amides is 1. The van der Waals surface area contributed by atoms with E-state index in [4.69, 9.17) is 34.8 Å². The average molecular weight is 410 g/mol. The Balaban J connectivity index is 2.23. The van der Waals surface area contributed by atoms with Gasteiger partial charge in [-0.2, -0.15) is 0 Å². The fourth-order valence-corrected chi connectivity index (χ4v) is 3.54. The molecule has 4 nitrogen and oxygen atoms in total. The standard InChI is InChI=1S/C19H15Cl3N2O2/c1-2-16(25)24-17(12-6-5-10(20)8-14(12)21)13-9-15(22)11-4-3-7-23-18(11)19(13)26/h3-9,17,26H,2H2,1H3,(H,24,25). The molecule has 7 heteroatoms. The Morgan fingerprint density at radius 3 is 2.62 bits per heavy atom. The Hall–Kier alpha value is -2.01. The van der Waals surface area contributed by atoms with E-state index < -0.39 is 6.04 Å². The minimum absolute atomic E-state index is 0.0579. The van der Waals surface area contributed by atoms with Crippen molar-refractivity contribution in [1.82, 2.24) is 10.3 Å². The van der Waals surface area contributed by atoms with Gasteiger partial charge < -0.3 is 10.4 Å². The molecule has 2 N–H and O–H groups in total. The Labute approximate surface area is 165 Å². The van der Waals surface area contributed by atoms with Crippen LogP contribution in [0.1, 0.15) is 30.5 Å². The van der Waals surface area contributed by atoms with E-state index in [1.807, 2.05) is 0 Å². The summed E-state index contributed by atoms with van der Waals surface area (Å²) in [5, 5.41) is 15.6. The second-order valence-electron chi connectivity index (χ2n) is 5.72. The maximum Gasteiger partial charge on any atom is 0.220 e. The van der Waals surface area contributed by atoms with Crippen molar-refractivity contribution in [3.05, 3.63) is 68.8 Å². The van der Waals surface area contributed by atoms with E-state index in [-0.39, 0.29) is 18.1 Å². The van der Waals surface area contributed by atoms with Crippen molar-refractivity contribution in [3.8, 4) is 5.75 Å². The summed E-state index contributed by atoms with van der Waals surface area (Å²) in [6.07, 6.45) is 1.85. The predicted molar refractivity (Wildman–Crippen MR) is 105 cm³/mol. The van der Waals surface area contributed by atoms with Crippen molar-refractivity contribution in [2.45, 2.75) is 19.4 Å². The zero-order valence-electron chi connectivity index (χ0n) is 13.8. The van der Waals surface area contributed by atoms with Crippen LogP contribution in [0.25, 0.3) is 10.9 Å². The van der Waals surface area contributed by atoms with Gasteiger partial charge in [0.1, 0.15) is 11.3 Å². The molecule has 0 aliphatic rings. The Kier molecular flexibility index (Phi) is 5.56. The largest absolute Gasteiger partial charge is 0.505 e. The van der Waals surface area contributed by atoms with Gasteiger partial charge in [-0.3, -0.25) is 9.78 Å². The lowest BCUT2D eigenvalue weighted by atomic mass is 9.96.